The molecule has 0 atom stereocenters. The number of benzene rings is 1. The lowest BCUT2D eigenvalue weighted by Crippen LogP contribution is -2.37. The van der Waals surface area contributed by atoms with Crippen molar-refractivity contribution in [2.45, 2.75) is 26.2 Å². The summed E-state index contributed by atoms with van der Waals surface area (Å²) in [7, 11) is 1.77. The summed E-state index contributed by atoms with van der Waals surface area (Å²) in [6, 6.07) is 4.20. The summed E-state index contributed by atoms with van der Waals surface area (Å²) in [5, 5.41) is 4.14. The molecule has 110 valence electrons. The lowest BCUT2D eigenvalue weighted by molar-refractivity contribution is 0.0974. The van der Waals surface area contributed by atoms with E-state index in [2.05, 4.69) is 45.1 Å². The summed E-state index contributed by atoms with van der Waals surface area (Å²) in [5.74, 6) is 0.142. The van der Waals surface area contributed by atoms with Crippen molar-refractivity contribution in [2.75, 3.05) is 11.4 Å². The fourth-order valence-corrected chi connectivity index (χ4v) is 3.38. The van der Waals surface area contributed by atoms with Crippen LogP contribution in [0.3, 0.4) is 0 Å². The van der Waals surface area contributed by atoms with Crippen LogP contribution < -0.4 is 4.90 Å². The predicted molar refractivity (Wildman–Crippen MR) is 84.5 cm³/mol. The minimum Gasteiger partial charge on any atom is -0.305 e. The molecule has 0 N–H and O–H groups in total. The molecular weight excluding hydrogens is 332 g/mol. The molecule has 1 aliphatic rings. The van der Waals surface area contributed by atoms with Crippen LogP contribution in [0, 0.1) is 0 Å². The number of carbonyl (C=O) groups is 1. The topological polar surface area (TPSA) is 51.0 Å². The van der Waals surface area contributed by atoms with Gasteiger partial charge in [-0.1, -0.05) is 22.9 Å². The van der Waals surface area contributed by atoms with E-state index < -0.39 is 0 Å². The third kappa shape index (κ3) is 2.60. The maximum absolute atomic E-state index is 12.7. The van der Waals surface area contributed by atoms with E-state index in [1.54, 1.807) is 18.1 Å². The third-order valence-corrected chi connectivity index (χ3v) is 4.21. The highest BCUT2D eigenvalue weighted by atomic mass is 79.9. The van der Waals surface area contributed by atoms with Crippen LogP contribution in [0.4, 0.5) is 5.69 Å². The van der Waals surface area contributed by atoms with Gasteiger partial charge in [-0.2, -0.15) is 0 Å². The first kappa shape index (κ1) is 14.3. The van der Waals surface area contributed by atoms with Gasteiger partial charge in [0, 0.05) is 18.1 Å². The fourth-order valence-electron chi connectivity index (χ4n) is 2.82. The second-order valence-electron chi connectivity index (χ2n) is 5.23. The molecular formula is C15H17BrN4O. The number of hydrogen-bond donors (Lipinski definition) is 0. The minimum absolute atomic E-state index is 0.117. The number of amides is 1. The van der Waals surface area contributed by atoms with Crippen molar-refractivity contribution in [3.63, 3.8) is 0 Å². The normalized spacial score (nSPS) is 14.1. The summed E-state index contributed by atoms with van der Waals surface area (Å²) < 4.78 is 2.63. The first-order valence-electron chi connectivity index (χ1n) is 7.09. The van der Waals surface area contributed by atoms with Crippen LogP contribution in [0.1, 0.15) is 35.1 Å². The van der Waals surface area contributed by atoms with Crippen LogP contribution >= 0.6 is 15.9 Å². The zero-order valence-corrected chi connectivity index (χ0v) is 13.7. The number of anilines is 1. The largest absolute Gasteiger partial charge is 0.305 e. The Morgan fingerprint density at radius 3 is 2.90 bits per heavy atom. The molecule has 2 heterocycles. The molecule has 0 saturated heterocycles. The van der Waals surface area contributed by atoms with Crippen molar-refractivity contribution in [3.8, 4) is 0 Å². The predicted octanol–water partition coefficient (Wildman–Crippen LogP) is 2.73. The molecule has 0 unspecified atom stereocenters. The quantitative estimate of drug-likeness (QED) is 0.838. The van der Waals surface area contributed by atoms with Gasteiger partial charge in [0.1, 0.15) is 6.33 Å². The molecule has 0 aliphatic carbocycles. The molecule has 1 aromatic carbocycles. The third-order valence-electron chi connectivity index (χ3n) is 3.75. The van der Waals surface area contributed by atoms with E-state index in [1.807, 2.05) is 4.90 Å². The highest BCUT2D eigenvalue weighted by molar-refractivity contribution is 9.10. The summed E-state index contributed by atoms with van der Waals surface area (Å²) in [6.45, 7) is 2.83. The Kier molecular flexibility index (Phi) is 3.80. The van der Waals surface area contributed by atoms with Crippen molar-refractivity contribution in [1.29, 1.82) is 0 Å². The zero-order valence-electron chi connectivity index (χ0n) is 12.1. The summed E-state index contributed by atoms with van der Waals surface area (Å²) >= 11 is 3.56. The number of hydrogen-bond acceptors (Lipinski definition) is 3. The van der Waals surface area contributed by atoms with Crippen LogP contribution in [-0.2, 0) is 19.9 Å². The Hall–Kier alpha value is -1.69. The molecule has 5 nitrogen and oxygen atoms in total. The molecule has 0 bridgehead atoms. The Morgan fingerprint density at radius 2 is 2.24 bits per heavy atom. The number of aromatic nitrogens is 3. The molecule has 0 saturated carbocycles. The first-order valence-corrected chi connectivity index (χ1v) is 7.88. The van der Waals surface area contributed by atoms with Crippen molar-refractivity contribution in [2.24, 2.45) is 7.05 Å². The van der Waals surface area contributed by atoms with E-state index in [0.717, 1.165) is 36.0 Å². The summed E-state index contributed by atoms with van der Waals surface area (Å²) in [5.41, 5.74) is 3.45. The van der Waals surface area contributed by atoms with Gasteiger partial charge in [0.05, 0.1) is 5.69 Å². The maximum Gasteiger partial charge on any atom is 0.297 e. The molecule has 0 fully saturated rings. The molecule has 21 heavy (non-hydrogen) atoms. The molecule has 0 radical (unpaired) electrons. The minimum atomic E-state index is -0.117. The van der Waals surface area contributed by atoms with E-state index >= 15 is 0 Å². The standard InChI is InChI=1S/C15H17BrN4O/c1-3-10-7-12(16)8-11-5-4-6-20(13(10)11)15(21)14-17-9-19(2)18-14/h7-9H,3-6H2,1-2H3. The van der Waals surface area contributed by atoms with Gasteiger partial charge < -0.3 is 4.90 Å². The molecule has 0 spiro atoms. The van der Waals surface area contributed by atoms with Gasteiger partial charge in [-0.05, 0) is 42.5 Å². The van der Waals surface area contributed by atoms with Gasteiger partial charge in [-0.25, -0.2) is 4.98 Å². The van der Waals surface area contributed by atoms with Gasteiger partial charge in [-0.15, -0.1) is 5.10 Å². The zero-order chi connectivity index (χ0) is 15.0. The van der Waals surface area contributed by atoms with E-state index in [-0.39, 0.29) is 11.7 Å². The number of halogens is 1. The lowest BCUT2D eigenvalue weighted by atomic mass is 9.96. The molecule has 3 rings (SSSR count). The number of fused-ring (bicyclic) bond motifs is 1. The van der Waals surface area contributed by atoms with Gasteiger partial charge in [-0.3, -0.25) is 9.48 Å². The van der Waals surface area contributed by atoms with E-state index in [0.29, 0.717) is 0 Å². The number of rotatable bonds is 2. The molecule has 1 amide bonds. The van der Waals surface area contributed by atoms with Gasteiger partial charge >= 0.3 is 0 Å². The fraction of sp³-hybridized carbons (Fsp3) is 0.400. The van der Waals surface area contributed by atoms with Crippen molar-refractivity contribution in [1.82, 2.24) is 14.8 Å². The van der Waals surface area contributed by atoms with Gasteiger partial charge in [0.2, 0.25) is 5.82 Å². The number of carbonyl (C=O) groups excluding carboxylic acids is 1. The molecule has 2 aromatic rings. The van der Waals surface area contributed by atoms with Crippen molar-refractivity contribution < 1.29 is 4.79 Å². The van der Waals surface area contributed by atoms with Crippen molar-refractivity contribution >= 4 is 27.5 Å². The Labute approximate surface area is 132 Å². The Bertz CT molecular complexity index is 678. The second kappa shape index (κ2) is 5.60. The van der Waals surface area contributed by atoms with Gasteiger partial charge in [0.25, 0.3) is 5.91 Å². The highest BCUT2D eigenvalue weighted by Gasteiger charge is 2.28. The summed E-state index contributed by atoms with van der Waals surface area (Å²) in [4.78, 5) is 18.6. The SMILES string of the molecule is CCc1cc(Br)cc2c1N(C(=O)c1ncn(C)n1)CCC2. The van der Waals surface area contributed by atoms with Crippen LogP contribution in [-0.4, -0.2) is 27.2 Å². The molecule has 1 aromatic heterocycles. The van der Waals surface area contributed by atoms with Crippen LogP contribution in [0.25, 0.3) is 0 Å². The Balaban J connectivity index is 2.06. The second-order valence-corrected chi connectivity index (χ2v) is 6.14. The maximum atomic E-state index is 12.7. The van der Waals surface area contributed by atoms with E-state index in [9.17, 15) is 4.79 Å². The molecule has 6 heteroatoms. The number of aryl methyl sites for hydroxylation is 3. The lowest BCUT2D eigenvalue weighted by Gasteiger charge is -2.31. The molecule has 1 aliphatic heterocycles. The van der Waals surface area contributed by atoms with Gasteiger partial charge in [0.15, 0.2) is 0 Å². The number of nitrogens with zero attached hydrogens (tertiary/aromatic N) is 4. The Morgan fingerprint density at radius 1 is 1.43 bits per heavy atom. The van der Waals surface area contributed by atoms with Crippen LogP contribution in [0.5, 0.6) is 0 Å². The first-order chi connectivity index (χ1) is 10.1. The van der Waals surface area contributed by atoms with Crippen LogP contribution in [0.15, 0.2) is 22.9 Å². The van der Waals surface area contributed by atoms with E-state index in [4.69, 9.17) is 0 Å². The van der Waals surface area contributed by atoms with Crippen LogP contribution in [0.2, 0.25) is 0 Å². The monoisotopic (exact) mass is 348 g/mol. The summed E-state index contributed by atoms with van der Waals surface area (Å²) in [6.07, 6.45) is 4.41. The van der Waals surface area contributed by atoms with E-state index in [1.165, 1.54) is 11.1 Å². The average molecular weight is 349 g/mol. The highest BCUT2D eigenvalue weighted by Crippen LogP contribution is 2.34. The van der Waals surface area contributed by atoms with Crippen molar-refractivity contribution in [3.05, 3.63) is 39.9 Å². The average Bonchev–Trinajstić information content (AvgIpc) is 2.91. The smallest absolute Gasteiger partial charge is 0.297 e.